The number of nitriles is 1. The molecule has 21 heavy (non-hydrogen) atoms. The van der Waals surface area contributed by atoms with Crippen molar-refractivity contribution in [2.45, 2.75) is 25.0 Å². The first-order valence-corrected chi connectivity index (χ1v) is 6.89. The minimum Gasteiger partial charge on any atom is -0.489 e. The molecule has 2 rings (SSSR count). The highest BCUT2D eigenvalue weighted by Crippen LogP contribution is 2.20. The molecule has 5 nitrogen and oxygen atoms in total. The molecule has 1 aliphatic heterocycles. The molecule has 1 aromatic carbocycles. The smallest absolute Gasteiger partial charge is 0.144 e. The van der Waals surface area contributed by atoms with Crippen LogP contribution in [0.5, 0.6) is 5.75 Å². The third-order valence-electron chi connectivity index (χ3n) is 3.21. The van der Waals surface area contributed by atoms with Crippen LogP contribution in [0.1, 0.15) is 18.4 Å². The molecule has 0 saturated carbocycles. The van der Waals surface area contributed by atoms with Gasteiger partial charge in [0.1, 0.15) is 35.9 Å². The van der Waals surface area contributed by atoms with Crippen molar-refractivity contribution >= 4 is 0 Å². The van der Waals surface area contributed by atoms with Gasteiger partial charge < -0.3 is 19.3 Å². The van der Waals surface area contributed by atoms with E-state index in [1.54, 1.807) is 6.07 Å². The monoisotopic (exact) mass is 295 g/mol. The van der Waals surface area contributed by atoms with Crippen LogP contribution in [0.25, 0.3) is 0 Å². The number of halogens is 1. The van der Waals surface area contributed by atoms with Crippen LogP contribution in [0.15, 0.2) is 18.2 Å². The van der Waals surface area contributed by atoms with Gasteiger partial charge in [0.25, 0.3) is 0 Å². The van der Waals surface area contributed by atoms with Gasteiger partial charge in [-0.3, -0.25) is 0 Å². The molecule has 1 unspecified atom stereocenters. The fourth-order valence-corrected chi connectivity index (χ4v) is 2.06. The van der Waals surface area contributed by atoms with E-state index in [-0.39, 0.29) is 30.6 Å². The number of hydrogen-bond donors (Lipinski definition) is 1. The first-order chi connectivity index (χ1) is 10.2. The van der Waals surface area contributed by atoms with E-state index in [0.29, 0.717) is 13.2 Å². The summed E-state index contributed by atoms with van der Waals surface area (Å²) >= 11 is 0. The first kappa shape index (κ1) is 15.7. The molecule has 1 atom stereocenters. The van der Waals surface area contributed by atoms with Gasteiger partial charge >= 0.3 is 0 Å². The Morgan fingerprint density at radius 3 is 2.86 bits per heavy atom. The maximum absolute atomic E-state index is 13.4. The van der Waals surface area contributed by atoms with Gasteiger partial charge in [-0.1, -0.05) is 6.07 Å². The van der Waals surface area contributed by atoms with E-state index in [4.69, 9.17) is 19.5 Å². The van der Waals surface area contributed by atoms with E-state index in [1.165, 1.54) is 18.2 Å². The summed E-state index contributed by atoms with van der Waals surface area (Å²) in [7, 11) is 0. The molecule has 1 saturated heterocycles. The van der Waals surface area contributed by atoms with Crippen LogP contribution < -0.4 is 4.74 Å². The van der Waals surface area contributed by atoms with Crippen molar-refractivity contribution in [3.05, 3.63) is 29.6 Å². The summed E-state index contributed by atoms with van der Waals surface area (Å²) in [6, 6.07) is 5.88. The maximum atomic E-state index is 13.4. The van der Waals surface area contributed by atoms with Gasteiger partial charge in [-0.25, -0.2) is 4.39 Å². The third-order valence-corrected chi connectivity index (χ3v) is 3.21. The van der Waals surface area contributed by atoms with Crippen LogP contribution in [0.4, 0.5) is 4.39 Å². The maximum Gasteiger partial charge on any atom is 0.144 e. The molecule has 1 N–H and O–H groups in total. The molecule has 1 aromatic rings. The first-order valence-electron chi connectivity index (χ1n) is 6.89. The number of rotatable bonds is 6. The Bertz CT molecular complexity index is 497. The lowest BCUT2D eigenvalue weighted by atomic mass is 10.1. The Kier molecular flexibility index (Phi) is 5.93. The lowest BCUT2D eigenvalue weighted by Crippen LogP contribution is -2.30. The van der Waals surface area contributed by atoms with Crippen molar-refractivity contribution in [2.75, 3.05) is 26.4 Å². The highest BCUT2D eigenvalue weighted by molar-refractivity contribution is 5.43. The predicted molar refractivity (Wildman–Crippen MR) is 72.4 cm³/mol. The average molecular weight is 295 g/mol. The van der Waals surface area contributed by atoms with Crippen molar-refractivity contribution < 1.29 is 23.7 Å². The van der Waals surface area contributed by atoms with Crippen LogP contribution >= 0.6 is 0 Å². The second-order valence-corrected chi connectivity index (χ2v) is 4.83. The molecule has 0 amide bonds. The lowest BCUT2D eigenvalue weighted by Gasteiger charge is -2.23. The van der Waals surface area contributed by atoms with Gasteiger partial charge in [-0.05, 0) is 25.0 Å². The van der Waals surface area contributed by atoms with Crippen molar-refractivity contribution in [1.29, 1.82) is 5.26 Å². The largest absolute Gasteiger partial charge is 0.489 e. The fraction of sp³-hybridized carbons (Fsp3) is 0.533. The van der Waals surface area contributed by atoms with Crippen molar-refractivity contribution in [3.63, 3.8) is 0 Å². The summed E-state index contributed by atoms with van der Waals surface area (Å²) in [5.74, 6) is -0.509. The van der Waals surface area contributed by atoms with Crippen molar-refractivity contribution in [3.8, 4) is 11.8 Å². The highest BCUT2D eigenvalue weighted by atomic mass is 19.1. The average Bonchev–Trinajstić information content (AvgIpc) is 2.52. The zero-order chi connectivity index (χ0) is 15.1. The zero-order valence-electron chi connectivity index (χ0n) is 11.6. The molecule has 0 spiro atoms. The standard InChI is InChI=1S/C15H18FNO4/c16-14-2-1-3-15(13(14)8-17)21-10-11(18)9-20-12-4-6-19-7-5-12/h1-3,11-12,18H,4-7,9-10H2. The Labute approximate surface area is 122 Å². The van der Waals surface area contributed by atoms with E-state index in [1.807, 2.05) is 0 Å². The van der Waals surface area contributed by atoms with Crippen molar-refractivity contribution in [1.82, 2.24) is 0 Å². The van der Waals surface area contributed by atoms with E-state index < -0.39 is 11.9 Å². The van der Waals surface area contributed by atoms with Crippen molar-refractivity contribution in [2.24, 2.45) is 0 Å². The molecule has 1 aliphatic rings. The van der Waals surface area contributed by atoms with Gasteiger partial charge in [-0.15, -0.1) is 0 Å². The van der Waals surface area contributed by atoms with Crippen LogP contribution in [0.3, 0.4) is 0 Å². The van der Waals surface area contributed by atoms with Gasteiger partial charge in [0, 0.05) is 13.2 Å². The number of hydrogen-bond acceptors (Lipinski definition) is 5. The Balaban J connectivity index is 1.77. The summed E-state index contributed by atoms with van der Waals surface area (Å²) in [5, 5.41) is 18.7. The molecule has 0 aromatic heterocycles. The molecular weight excluding hydrogens is 277 g/mol. The second kappa shape index (κ2) is 7.93. The number of ether oxygens (including phenoxy) is 3. The van der Waals surface area contributed by atoms with Gasteiger partial charge in [0.2, 0.25) is 0 Å². The van der Waals surface area contributed by atoms with E-state index in [2.05, 4.69) is 0 Å². The van der Waals surface area contributed by atoms with E-state index in [0.717, 1.165) is 12.8 Å². The number of benzene rings is 1. The van der Waals surface area contributed by atoms with Crippen LogP contribution in [-0.2, 0) is 9.47 Å². The topological polar surface area (TPSA) is 71.7 Å². The summed E-state index contributed by atoms with van der Waals surface area (Å²) in [6.45, 7) is 1.43. The number of aliphatic hydroxyl groups excluding tert-OH is 1. The van der Waals surface area contributed by atoms with Gasteiger partial charge in [-0.2, -0.15) is 5.26 Å². The number of aliphatic hydroxyl groups is 1. The summed E-state index contributed by atoms with van der Waals surface area (Å²) in [5.41, 5.74) is -0.157. The van der Waals surface area contributed by atoms with Gasteiger partial charge in [0.05, 0.1) is 12.7 Å². The predicted octanol–water partition coefficient (Wildman–Crippen LogP) is 1.63. The summed E-state index contributed by atoms with van der Waals surface area (Å²) in [4.78, 5) is 0. The van der Waals surface area contributed by atoms with E-state index >= 15 is 0 Å². The minimum atomic E-state index is -0.831. The second-order valence-electron chi connectivity index (χ2n) is 4.83. The molecule has 0 bridgehead atoms. The lowest BCUT2D eigenvalue weighted by molar-refractivity contribution is -0.0659. The highest BCUT2D eigenvalue weighted by Gasteiger charge is 2.17. The minimum absolute atomic E-state index is 0.0542. The zero-order valence-corrected chi connectivity index (χ0v) is 11.6. The Morgan fingerprint density at radius 2 is 2.14 bits per heavy atom. The van der Waals surface area contributed by atoms with Crippen LogP contribution in [0, 0.1) is 17.1 Å². The number of nitrogens with zero attached hydrogens (tertiary/aromatic N) is 1. The molecule has 114 valence electrons. The van der Waals surface area contributed by atoms with Crippen LogP contribution in [-0.4, -0.2) is 43.7 Å². The third kappa shape index (κ3) is 4.67. The molecule has 0 radical (unpaired) electrons. The fourth-order valence-electron chi connectivity index (χ4n) is 2.06. The summed E-state index contributed by atoms with van der Waals surface area (Å²) in [6.07, 6.45) is 0.895. The molecular formula is C15H18FNO4. The molecule has 1 fully saturated rings. The normalized spacial score (nSPS) is 17.2. The Morgan fingerprint density at radius 1 is 1.38 bits per heavy atom. The Hall–Kier alpha value is -1.68. The molecule has 6 heteroatoms. The van der Waals surface area contributed by atoms with E-state index in [9.17, 15) is 9.50 Å². The quantitative estimate of drug-likeness (QED) is 0.863. The van der Waals surface area contributed by atoms with Gasteiger partial charge in [0.15, 0.2) is 0 Å². The SMILES string of the molecule is N#Cc1c(F)cccc1OCC(O)COC1CCOCC1. The molecule has 0 aliphatic carbocycles. The van der Waals surface area contributed by atoms with Crippen LogP contribution in [0.2, 0.25) is 0 Å². The summed E-state index contributed by atoms with van der Waals surface area (Å²) < 4.78 is 29.4. The molecule has 1 heterocycles.